The average Bonchev–Trinajstić information content (AvgIpc) is 2.75. The first-order valence-corrected chi connectivity index (χ1v) is 6.98. The molecule has 2 aromatic rings. The fourth-order valence-electron chi connectivity index (χ4n) is 1.80. The number of nitrogens with two attached hydrogens (primary N) is 1. The van der Waals surface area contributed by atoms with Crippen molar-refractivity contribution in [3.8, 4) is 0 Å². The molecule has 2 aromatic heterocycles. The summed E-state index contributed by atoms with van der Waals surface area (Å²) in [5.74, 6) is -0.0146. The number of hydrogen-bond donors (Lipinski definition) is 4. The molecule has 0 aliphatic rings. The number of hydrogen-bond acceptors (Lipinski definition) is 9. The third-order valence-electron chi connectivity index (χ3n) is 2.78. The Labute approximate surface area is 123 Å². The minimum Gasteiger partial charge on any atom is -0.394 e. The molecule has 0 amide bonds. The summed E-state index contributed by atoms with van der Waals surface area (Å²) in [6, 6.07) is 0. The summed E-state index contributed by atoms with van der Waals surface area (Å²) < 4.78 is 7.04. The van der Waals surface area contributed by atoms with Crippen LogP contribution in [-0.4, -0.2) is 55.3 Å². The second-order valence-corrected chi connectivity index (χ2v) is 5.40. The Morgan fingerprint density at radius 2 is 2.14 bits per heavy atom. The van der Waals surface area contributed by atoms with Crippen LogP contribution < -0.4 is 10.6 Å². The van der Waals surface area contributed by atoms with Crippen molar-refractivity contribution in [3.63, 3.8) is 0 Å². The highest BCUT2D eigenvalue weighted by Crippen LogP contribution is 2.23. The summed E-state index contributed by atoms with van der Waals surface area (Å²) in [6.45, 7) is 0.526. The molecule has 0 radical (unpaired) electrons. The number of rotatable bonds is 6. The van der Waals surface area contributed by atoms with Gasteiger partial charge in [-0.25, -0.2) is 4.98 Å². The normalized spacial score (nSPS) is 14.7. The van der Waals surface area contributed by atoms with Crippen molar-refractivity contribution in [2.24, 2.45) is 0 Å². The van der Waals surface area contributed by atoms with E-state index in [4.69, 9.17) is 20.7 Å². The van der Waals surface area contributed by atoms with E-state index in [9.17, 15) is 9.90 Å². The van der Waals surface area contributed by atoms with E-state index in [0.29, 0.717) is 4.70 Å². The molecule has 0 saturated carbocycles. The maximum Gasteiger partial charge on any atom is 0.311 e. The van der Waals surface area contributed by atoms with Crippen LogP contribution in [0, 0.1) is 0 Å². The SMILES string of the molecule is CC(O)[C@@H](OC(CO)CO)n1c(=O)sc2cnc(N)nc21. The fourth-order valence-corrected chi connectivity index (χ4v) is 2.62. The molecule has 116 valence electrons. The minimum atomic E-state index is -1.11. The van der Waals surface area contributed by atoms with Gasteiger partial charge in [0.25, 0.3) is 0 Å². The first-order valence-electron chi connectivity index (χ1n) is 6.16. The molecule has 10 heteroatoms. The molecule has 0 aliphatic carbocycles. The number of aliphatic hydroxyl groups excluding tert-OH is 3. The van der Waals surface area contributed by atoms with Crippen LogP contribution in [0.1, 0.15) is 13.2 Å². The van der Waals surface area contributed by atoms with Gasteiger partial charge in [-0.1, -0.05) is 11.3 Å². The monoisotopic (exact) mass is 316 g/mol. The molecule has 0 aliphatic heterocycles. The van der Waals surface area contributed by atoms with Gasteiger partial charge in [-0.15, -0.1) is 0 Å². The van der Waals surface area contributed by atoms with Gasteiger partial charge in [0, 0.05) is 0 Å². The summed E-state index contributed by atoms with van der Waals surface area (Å²) in [6.07, 6.45) is -1.69. The van der Waals surface area contributed by atoms with Crippen molar-refractivity contribution in [3.05, 3.63) is 15.9 Å². The summed E-state index contributed by atoms with van der Waals surface area (Å²) in [5.41, 5.74) is 5.75. The highest BCUT2D eigenvalue weighted by Gasteiger charge is 2.26. The van der Waals surface area contributed by atoms with E-state index in [-0.39, 0.29) is 11.6 Å². The lowest BCUT2D eigenvalue weighted by Crippen LogP contribution is -2.36. The maximum absolute atomic E-state index is 12.1. The van der Waals surface area contributed by atoms with E-state index in [1.54, 1.807) is 0 Å². The standard InChI is InChI=1S/C11H16N4O5S/c1-5(18)9(20-6(3-16)4-17)15-8-7(21-11(15)19)2-13-10(12)14-8/h2,5-6,9,16-18H,3-4H2,1H3,(H2,12,13,14)/t5?,9-/m1/s1. The second kappa shape index (κ2) is 6.45. The highest BCUT2D eigenvalue weighted by molar-refractivity contribution is 7.16. The van der Waals surface area contributed by atoms with Crippen molar-refractivity contribution in [2.75, 3.05) is 18.9 Å². The summed E-state index contributed by atoms with van der Waals surface area (Å²) in [7, 11) is 0. The van der Waals surface area contributed by atoms with E-state index in [2.05, 4.69) is 9.97 Å². The largest absolute Gasteiger partial charge is 0.394 e. The van der Waals surface area contributed by atoms with Gasteiger partial charge in [0.2, 0.25) is 5.95 Å². The van der Waals surface area contributed by atoms with Gasteiger partial charge in [-0.05, 0) is 6.92 Å². The number of fused-ring (bicyclic) bond motifs is 1. The number of anilines is 1. The molecule has 2 heterocycles. The molecule has 2 rings (SSSR count). The Balaban J connectivity index is 2.52. The third kappa shape index (κ3) is 3.19. The van der Waals surface area contributed by atoms with Crippen LogP contribution in [0.3, 0.4) is 0 Å². The van der Waals surface area contributed by atoms with Gasteiger partial charge in [0.1, 0.15) is 6.10 Å². The first kappa shape index (κ1) is 15.8. The predicted molar refractivity (Wildman–Crippen MR) is 75.8 cm³/mol. The van der Waals surface area contributed by atoms with Crippen molar-refractivity contribution < 1.29 is 20.1 Å². The number of aromatic nitrogens is 3. The molecule has 9 nitrogen and oxygen atoms in total. The van der Waals surface area contributed by atoms with Crippen molar-refractivity contribution in [1.82, 2.24) is 14.5 Å². The Morgan fingerprint density at radius 3 is 2.71 bits per heavy atom. The fraction of sp³-hybridized carbons (Fsp3) is 0.545. The van der Waals surface area contributed by atoms with E-state index in [1.807, 2.05) is 0 Å². The molecule has 5 N–H and O–H groups in total. The Kier molecular flexibility index (Phi) is 4.85. The average molecular weight is 316 g/mol. The summed E-state index contributed by atoms with van der Waals surface area (Å²) in [4.78, 5) is 19.5. The number of ether oxygens (including phenoxy) is 1. The lowest BCUT2D eigenvalue weighted by Gasteiger charge is -2.25. The predicted octanol–water partition coefficient (Wildman–Crippen LogP) is -1.32. The van der Waals surface area contributed by atoms with E-state index in [1.165, 1.54) is 13.1 Å². The van der Waals surface area contributed by atoms with E-state index < -0.39 is 36.5 Å². The molecule has 0 spiro atoms. The van der Waals surface area contributed by atoms with Crippen LogP contribution >= 0.6 is 11.3 Å². The Morgan fingerprint density at radius 1 is 1.48 bits per heavy atom. The van der Waals surface area contributed by atoms with Crippen molar-refractivity contribution >= 4 is 27.6 Å². The number of nitrogen functional groups attached to an aromatic ring is 1. The second-order valence-electron chi connectivity index (χ2n) is 4.41. The molecular weight excluding hydrogens is 300 g/mol. The summed E-state index contributed by atoms with van der Waals surface area (Å²) in [5, 5.41) is 28.0. The minimum absolute atomic E-state index is 0.0146. The van der Waals surface area contributed by atoms with Crippen LogP contribution in [-0.2, 0) is 4.74 Å². The van der Waals surface area contributed by atoms with Crippen LogP contribution in [0.2, 0.25) is 0 Å². The van der Waals surface area contributed by atoms with Gasteiger partial charge in [-0.2, -0.15) is 4.98 Å². The van der Waals surface area contributed by atoms with Gasteiger partial charge >= 0.3 is 4.87 Å². The lowest BCUT2D eigenvalue weighted by atomic mass is 10.3. The maximum atomic E-state index is 12.1. The van der Waals surface area contributed by atoms with E-state index in [0.717, 1.165) is 15.9 Å². The number of nitrogens with zero attached hydrogens (tertiary/aromatic N) is 3. The van der Waals surface area contributed by atoms with Gasteiger partial charge < -0.3 is 25.8 Å². The molecule has 21 heavy (non-hydrogen) atoms. The smallest absolute Gasteiger partial charge is 0.311 e. The number of thiazole rings is 1. The topological polar surface area (TPSA) is 144 Å². The van der Waals surface area contributed by atoms with Crippen LogP contribution in [0.15, 0.2) is 11.0 Å². The zero-order valence-corrected chi connectivity index (χ0v) is 12.0. The quantitative estimate of drug-likeness (QED) is 0.514. The van der Waals surface area contributed by atoms with Crippen molar-refractivity contribution in [2.45, 2.75) is 25.4 Å². The zero-order valence-electron chi connectivity index (χ0n) is 11.2. The Bertz CT molecular complexity index is 666. The molecule has 0 bridgehead atoms. The molecule has 0 fully saturated rings. The Hall–Kier alpha value is -1.59. The number of aliphatic hydroxyl groups is 3. The van der Waals surface area contributed by atoms with E-state index >= 15 is 0 Å². The van der Waals surface area contributed by atoms with Crippen LogP contribution in [0.25, 0.3) is 10.3 Å². The first-order chi connectivity index (χ1) is 9.97. The van der Waals surface area contributed by atoms with Crippen LogP contribution in [0.4, 0.5) is 5.95 Å². The van der Waals surface area contributed by atoms with Gasteiger partial charge in [-0.3, -0.25) is 9.36 Å². The zero-order chi connectivity index (χ0) is 15.6. The third-order valence-corrected chi connectivity index (χ3v) is 3.66. The lowest BCUT2D eigenvalue weighted by molar-refractivity contribution is -0.135. The molecule has 2 atom stereocenters. The molecule has 1 unspecified atom stereocenters. The van der Waals surface area contributed by atoms with Crippen LogP contribution in [0.5, 0.6) is 0 Å². The highest BCUT2D eigenvalue weighted by atomic mass is 32.1. The van der Waals surface area contributed by atoms with Crippen molar-refractivity contribution in [1.29, 1.82) is 0 Å². The summed E-state index contributed by atoms with van der Waals surface area (Å²) >= 11 is 0.886. The molecular formula is C11H16N4O5S. The molecule has 0 aromatic carbocycles. The molecule has 0 saturated heterocycles. The van der Waals surface area contributed by atoms with Gasteiger partial charge in [0.15, 0.2) is 11.9 Å². The van der Waals surface area contributed by atoms with Gasteiger partial charge in [0.05, 0.1) is 30.2 Å².